The molecule has 0 unspecified atom stereocenters. The first-order valence-electron chi connectivity index (χ1n) is 7.30. The molecule has 0 aliphatic rings. The van der Waals surface area contributed by atoms with Crippen LogP contribution in [0.15, 0.2) is 39.6 Å². The summed E-state index contributed by atoms with van der Waals surface area (Å²) in [6.07, 6.45) is 0.674. The van der Waals surface area contributed by atoms with Crippen LogP contribution >= 0.6 is 0 Å². The molecule has 1 aromatic carbocycles. The molecule has 0 saturated carbocycles. The second-order valence-electron chi connectivity index (χ2n) is 5.22. The van der Waals surface area contributed by atoms with Gasteiger partial charge in [-0.15, -0.1) is 0 Å². The highest BCUT2D eigenvalue weighted by atomic mass is 32.2. The molecule has 0 fully saturated rings. The van der Waals surface area contributed by atoms with Gasteiger partial charge in [-0.1, -0.05) is 6.92 Å². The maximum absolute atomic E-state index is 12.3. The zero-order valence-corrected chi connectivity index (χ0v) is 14.8. The predicted octanol–water partition coefficient (Wildman–Crippen LogP) is 2.35. The van der Waals surface area contributed by atoms with Crippen molar-refractivity contribution in [3.05, 3.63) is 41.9 Å². The van der Waals surface area contributed by atoms with E-state index in [-0.39, 0.29) is 16.3 Å². The van der Waals surface area contributed by atoms with Gasteiger partial charge >= 0.3 is 0 Å². The van der Waals surface area contributed by atoms with Gasteiger partial charge in [0.1, 0.15) is 11.5 Å². The minimum absolute atomic E-state index is 0.0530. The fraction of sp³-hybridized carbons (Fsp3) is 0.312. The molecule has 1 amide bonds. The van der Waals surface area contributed by atoms with E-state index in [1.54, 1.807) is 12.1 Å². The van der Waals surface area contributed by atoms with Crippen molar-refractivity contribution in [3.8, 4) is 5.75 Å². The molecule has 7 nitrogen and oxygen atoms in total. The van der Waals surface area contributed by atoms with Gasteiger partial charge in [0.15, 0.2) is 5.76 Å². The Balaban J connectivity index is 2.36. The van der Waals surface area contributed by atoms with Gasteiger partial charge in [-0.05, 0) is 30.3 Å². The number of carbonyl (C=O) groups excluding carboxylic acids is 1. The Bertz CT molecular complexity index is 840. The van der Waals surface area contributed by atoms with Crippen molar-refractivity contribution in [2.45, 2.75) is 18.2 Å². The van der Waals surface area contributed by atoms with Crippen LogP contribution in [-0.2, 0) is 16.4 Å². The number of methoxy groups -OCH3 is 1. The molecule has 24 heavy (non-hydrogen) atoms. The van der Waals surface area contributed by atoms with Crippen LogP contribution in [0.4, 0.5) is 5.69 Å². The zero-order chi connectivity index (χ0) is 17.9. The smallest absolute Gasteiger partial charge is 0.291 e. The number of carbonyl (C=O) groups is 1. The topological polar surface area (TPSA) is 88.9 Å². The van der Waals surface area contributed by atoms with Crippen LogP contribution in [0.5, 0.6) is 5.75 Å². The van der Waals surface area contributed by atoms with E-state index in [0.717, 1.165) is 4.31 Å². The third-order valence-corrected chi connectivity index (χ3v) is 5.24. The molecule has 0 bridgehead atoms. The van der Waals surface area contributed by atoms with Gasteiger partial charge in [0.05, 0.1) is 17.7 Å². The number of amides is 1. The Hall–Kier alpha value is -2.32. The maximum Gasteiger partial charge on any atom is 0.291 e. The number of rotatable bonds is 6. The lowest BCUT2D eigenvalue weighted by Gasteiger charge is -2.14. The maximum atomic E-state index is 12.3. The molecule has 1 heterocycles. The number of ether oxygens (including phenoxy) is 1. The van der Waals surface area contributed by atoms with Crippen molar-refractivity contribution in [3.63, 3.8) is 0 Å². The number of furan rings is 1. The van der Waals surface area contributed by atoms with E-state index in [4.69, 9.17) is 9.15 Å². The Kier molecular flexibility index (Phi) is 5.30. The molecule has 2 aromatic rings. The van der Waals surface area contributed by atoms with Crippen LogP contribution in [0.2, 0.25) is 0 Å². The van der Waals surface area contributed by atoms with Gasteiger partial charge in [-0.3, -0.25) is 4.79 Å². The molecule has 0 saturated heterocycles. The van der Waals surface area contributed by atoms with Crippen LogP contribution in [0.25, 0.3) is 0 Å². The van der Waals surface area contributed by atoms with Gasteiger partial charge in [-0.2, -0.15) is 0 Å². The van der Waals surface area contributed by atoms with Crippen molar-refractivity contribution in [2.24, 2.45) is 0 Å². The zero-order valence-electron chi connectivity index (χ0n) is 14.0. The molecule has 130 valence electrons. The average molecular weight is 352 g/mol. The molecular weight excluding hydrogens is 332 g/mol. The summed E-state index contributed by atoms with van der Waals surface area (Å²) in [5.41, 5.74) is 0.250. The quantitative estimate of drug-likeness (QED) is 0.862. The predicted molar refractivity (Wildman–Crippen MR) is 89.9 cm³/mol. The highest BCUT2D eigenvalue weighted by Crippen LogP contribution is 2.29. The van der Waals surface area contributed by atoms with Crippen molar-refractivity contribution in [1.29, 1.82) is 0 Å². The molecule has 0 aliphatic carbocycles. The van der Waals surface area contributed by atoms with E-state index in [2.05, 4.69) is 5.32 Å². The number of sulfonamides is 1. The van der Waals surface area contributed by atoms with Gasteiger partial charge in [0.25, 0.3) is 5.91 Å². The summed E-state index contributed by atoms with van der Waals surface area (Å²) >= 11 is 0. The lowest BCUT2D eigenvalue weighted by molar-refractivity contribution is 0.0994. The molecule has 0 spiro atoms. The van der Waals surface area contributed by atoms with Gasteiger partial charge in [0.2, 0.25) is 10.0 Å². The highest BCUT2D eigenvalue weighted by molar-refractivity contribution is 7.89. The molecule has 8 heteroatoms. The Morgan fingerprint density at radius 1 is 1.25 bits per heavy atom. The number of aryl methyl sites for hydroxylation is 1. The van der Waals surface area contributed by atoms with Crippen LogP contribution in [0.1, 0.15) is 23.2 Å². The van der Waals surface area contributed by atoms with E-state index >= 15 is 0 Å². The number of benzene rings is 1. The molecule has 0 aliphatic heterocycles. The largest absolute Gasteiger partial charge is 0.495 e. The lowest BCUT2D eigenvalue weighted by Crippen LogP contribution is -2.22. The summed E-state index contributed by atoms with van der Waals surface area (Å²) in [7, 11) is 0.691. The second kappa shape index (κ2) is 7.06. The van der Waals surface area contributed by atoms with E-state index in [0.29, 0.717) is 17.9 Å². The number of nitrogens with zero attached hydrogens (tertiary/aromatic N) is 1. The Labute approximate surface area is 141 Å². The van der Waals surface area contributed by atoms with Gasteiger partial charge in [0, 0.05) is 20.5 Å². The second-order valence-corrected chi connectivity index (χ2v) is 7.37. The fourth-order valence-electron chi connectivity index (χ4n) is 2.03. The number of hydrogen-bond acceptors (Lipinski definition) is 5. The van der Waals surface area contributed by atoms with Crippen LogP contribution in [-0.4, -0.2) is 39.8 Å². The van der Waals surface area contributed by atoms with Crippen molar-refractivity contribution < 1.29 is 22.4 Å². The minimum Gasteiger partial charge on any atom is -0.495 e. The number of nitrogens with one attached hydrogen (secondary N) is 1. The fourth-order valence-corrected chi connectivity index (χ4v) is 2.96. The van der Waals surface area contributed by atoms with Crippen molar-refractivity contribution in [2.75, 3.05) is 26.5 Å². The number of hydrogen-bond donors (Lipinski definition) is 1. The summed E-state index contributed by atoms with van der Waals surface area (Å²) in [6, 6.07) is 7.56. The van der Waals surface area contributed by atoms with Crippen molar-refractivity contribution >= 4 is 21.6 Å². The summed E-state index contributed by atoms with van der Waals surface area (Å²) in [6.45, 7) is 1.92. The highest BCUT2D eigenvalue weighted by Gasteiger charge is 2.20. The SMILES string of the molecule is CCc1ccc(C(=O)Nc2cc(S(=O)(=O)N(C)C)ccc2OC)o1. The monoisotopic (exact) mass is 352 g/mol. The third-order valence-electron chi connectivity index (χ3n) is 3.43. The average Bonchev–Trinajstić information content (AvgIpc) is 3.03. The molecule has 2 rings (SSSR count). The normalized spacial score (nSPS) is 11.5. The van der Waals surface area contributed by atoms with Crippen LogP contribution in [0.3, 0.4) is 0 Å². The minimum atomic E-state index is -3.62. The van der Waals surface area contributed by atoms with Crippen LogP contribution < -0.4 is 10.1 Å². The summed E-state index contributed by atoms with van der Waals surface area (Å²) in [4.78, 5) is 12.3. The Morgan fingerprint density at radius 2 is 1.96 bits per heavy atom. The van der Waals surface area contributed by atoms with Gasteiger partial charge in [-0.25, -0.2) is 12.7 Å². The first-order chi connectivity index (χ1) is 11.3. The Morgan fingerprint density at radius 3 is 2.50 bits per heavy atom. The summed E-state index contributed by atoms with van der Waals surface area (Å²) in [5.74, 6) is 0.710. The first kappa shape index (κ1) is 18.0. The summed E-state index contributed by atoms with van der Waals surface area (Å²) < 4.78 is 36.1. The molecule has 1 N–H and O–H groups in total. The molecule has 0 atom stereocenters. The van der Waals surface area contributed by atoms with E-state index in [1.165, 1.54) is 39.4 Å². The molecular formula is C16H20N2O5S. The third kappa shape index (κ3) is 3.60. The van der Waals surface area contributed by atoms with E-state index in [1.807, 2.05) is 6.92 Å². The van der Waals surface area contributed by atoms with Crippen molar-refractivity contribution in [1.82, 2.24) is 4.31 Å². The van der Waals surface area contributed by atoms with E-state index in [9.17, 15) is 13.2 Å². The summed E-state index contributed by atoms with van der Waals surface area (Å²) in [5, 5.41) is 2.63. The lowest BCUT2D eigenvalue weighted by atomic mass is 10.3. The van der Waals surface area contributed by atoms with E-state index < -0.39 is 15.9 Å². The number of anilines is 1. The van der Waals surface area contributed by atoms with Crippen LogP contribution in [0, 0.1) is 0 Å². The molecule has 1 aromatic heterocycles. The first-order valence-corrected chi connectivity index (χ1v) is 8.74. The standard InChI is InChI=1S/C16H20N2O5S/c1-5-11-6-8-15(23-11)16(19)17-13-10-12(7-9-14(13)22-4)24(20,21)18(2)3/h6-10H,5H2,1-4H3,(H,17,19). The molecule has 0 radical (unpaired) electrons. The van der Waals surface area contributed by atoms with Gasteiger partial charge < -0.3 is 14.5 Å².